The summed E-state index contributed by atoms with van der Waals surface area (Å²) in [6.07, 6.45) is 2.22. The minimum Gasteiger partial charge on any atom is -0.334 e. The lowest BCUT2D eigenvalue weighted by Gasteiger charge is -2.26. The summed E-state index contributed by atoms with van der Waals surface area (Å²) in [5, 5.41) is 6.91. The van der Waals surface area contributed by atoms with Gasteiger partial charge in [0.25, 0.3) is 5.91 Å². The number of urea groups is 1. The van der Waals surface area contributed by atoms with Crippen LogP contribution in [0.5, 0.6) is 0 Å². The first-order valence-corrected chi connectivity index (χ1v) is 10.3. The molecule has 0 saturated carbocycles. The van der Waals surface area contributed by atoms with Crippen LogP contribution in [0.4, 0.5) is 9.93 Å². The number of anilines is 1. The van der Waals surface area contributed by atoms with Crippen LogP contribution in [-0.2, 0) is 19.5 Å². The fraction of sp³-hybridized carbons (Fsp3) is 0.200. The van der Waals surface area contributed by atoms with Crippen LogP contribution in [-0.4, -0.2) is 33.4 Å². The number of hydrogen-bond acceptors (Lipinski definition) is 5. The molecule has 2 N–H and O–H groups in total. The van der Waals surface area contributed by atoms with Gasteiger partial charge in [-0.25, -0.2) is 9.78 Å². The van der Waals surface area contributed by atoms with E-state index in [2.05, 4.69) is 20.6 Å². The minimum absolute atomic E-state index is 0.127. The molecule has 2 aromatic heterocycles. The summed E-state index contributed by atoms with van der Waals surface area (Å²) in [7, 11) is 0. The number of rotatable bonds is 4. The van der Waals surface area contributed by atoms with Gasteiger partial charge in [0, 0.05) is 35.6 Å². The van der Waals surface area contributed by atoms with Crippen molar-refractivity contribution in [2.24, 2.45) is 0 Å². The smallest absolute Gasteiger partial charge is 0.318 e. The molecule has 29 heavy (non-hydrogen) atoms. The molecule has 0 fully saturated rings. The van der Waals surface area contributed by atoms with E-state index in [0.717, 1.165) is 16.1 Å². The molecule has 0 aliphatic carbocycles. The van der Waals surface area contributed by atoms with Crippen LogP contribution in [0.3, 0.4) is 0 Å². The Labute approximate surface area is 176 Å². The third kappa shape index (κ3) is 4.72. The Kier molecular flexibility index (Phi) is 5.73. The summed E-state index contributed by atoms with van der Waals surface area (Å²) in [4.78, 5) is 36.0. The van der Waals surface area contributed by atoms with E-state index < -0.39 is 0 Å². The van der Waals surface area contributed by atoms with Crippen LogP contribution in [0.15, 0.2) is 48.7 Å². The van der Waals surface area contributed by atoms with E-state index in [4.69, 9.17) is 11.6 Å². The Morgan fingerprint density at radius 1 is 1.17 bits per heavy atom. The molecule has 1 aliphatic rings. The number of benzene rings is 1. The summed E-state index contributed by atoms with van der Waals surface area (Å²) in [6.45, 7) is 1.49. The quantitative estimate of drug-likeness (QED) is 0.664. The van der Waals surface area contributed by atoms with Gasteiger partial charge in [0.05, 0.1) is 12.2 Å². The maximum absolute atomic E-state index is 12.5. The Hall–Kier alpha value is -2.97. The van der Waals surface area contributed by atoms with Crippen molar-refractivity contribution in [3.63, 3.8) is 0 Å². The first-order valence-electron chi connectivity index (χ1n) is 9.06. The average Bonchev–Trinajstić information content (AvgIpc) is 3.15. The van der Waals surface area contributed by atoms with Gasteiger partial charge in [-0.3, -0.25) is 15.1 Å². The molecule has 0 radical (unpaired) electrons. The number of nitrogens with one attached hydrogen (secondary N) is 2. The largest absolute Gasteiger partial charge is 0.334 e. The molecule has 7 nitrogen and oxygen atoms in total. The standard InChI is InChI=1S/C20H18ClN5O2S/c21-14-6-4-13(5-7-14)11-23-20(28)26-10-8-15-17(12-26)29-19(24-15)25-18(27)16-3-1-2-9-22-16/h1-7,9H,8,10-12H2,(H,23,28)(H,24,25,27). The lowest BCUT2D eigenvalue weighted by molar-refractivity contribution is 0.102. The SMILES string of the molecule is O=C(Nc1nc2c(s1)CN(C(=O)NCc1ccc(Cl)cc1)CC2)c1ccccn1. The zero-order valence-electron chi connectivity index (χ0n) is 15.4. The maximum atomic E-state index is 12.5. The molecule has 0 bridgehead atoms. The Morgan fingerprint density at radius 2 is 2.00 bits per heavy atom. The summed E-state index contributed by atoms with van der Waals surface area (Å²) in [5.41, 5.74) is 2.25. The number of hydrogen-bond donors (Lipinski definition) is 2. The fourth-order valence-corrected chi connectivity index (χ4v) is 4.12. The van der Waals surface area contributed by atoms with E-state index >= 15 is 0 Å². The maximum Gasteiger partial charge on any atom is 0.318 e. The second kappa shape index (κ2) is 8.59. The molecule has 0 unspecified atom stereocenters. The van der Waals surface area contributed by atoms with Gasteiger partial charge in [-0.2, -0.15) is 0 Å². The highest BCUT2D eigenvalue weighted by atomic mass is 35.5. The zero-order chi connectivity index (χ0) is 20.2. The molecule has 0 spiro atoms. The van der Waals surface area contributed by atoms with E-state index in [1.807, 2.05) is 12.1 Å². The van der Waals surface area contributed by atoms with Crippen molar-refractivity contribution in [3.05, 3.63) is 75.5 Å². The van der Waals surface area contributed by atoms with E-state index in [1.165, 1.54) is 11.3 Å². The lowest BCUT2D eigenvalue weighted by Crippen LogP contribution is -2.42. The molecule has 1 aromatic carbocycles. The summed E-state index contributed by atoms with van der Waals surface area (Å²) in [6, 6.07) is 12.4. The van der Waals surface area contributed by atoms with Crippen molar-refractivity contribution in [2.75, 3.05) is 11.9 Å². The van der Waals surface area contributed by atoms with Crippen molar-refractivity contribution >= 4 is 40.0 Å². The second-order valence-electron chi connectivity index (χ2n) is 6.51. The van der Waals surface area contributed by atoms with Crippen molar-refractivity contribution in [3.8, 4) is 0 Å². The van der Waals surface area contributed by atoms with Gasteiger partial charge in [-0.1, -0.05) is 41.1 Å². The zero-order valence-corrected chi connectivity index (χ0v) is 17.0. The third-order valence-electron chi connectivity index (χ3n) is 4.49. The van der Waals surface area contributed by atoms with Crippen molar-refractivity contribution in [1.29, 1.82) is 0 Å². The minimum atomic E-state index is -0.297. The van der Waals surface area contributed by atoms with E-state index in [0.29, 0.717) is 41.9 Å². The number of fused-ring (bicyclic) bond motifs is 1. The van der Waals surface area contributed by atoms with Crippen LogP contribution in [0.2, 0.25) is 5.02 Å². The lowest BCUT2D eigenvalue weighted by atomic mass is 10.2. The van der Waals surface area contributed by atoms with Crippen LogP contribution < -0.4 is 10.6 Å². The highest BCUT2D eigenvalue weighted by Crippen LogP contribution is 2.28. The van der Waals surface area contributed by atoms with Crippen LogP contribution in [0, 0.1) is 0 Å². The Morgan fingerprint density at radius 3 is 2.76 bits per heavy atom. The Balaban J connectivity index is 1.35. The van der Waals surface area contributed by atoms with E-state index in [1.54, 1.807) is 41.4 Å². The molecule has 9 heteroatoms. The van der Waals surface area contributed by atoms with Crippen molar-refractivity contribution in [2.45, 2.75) is 19.5 Å². The van der Waals surface area contributed by atoms with Crippen LogP contribution in [0.25, 0.3) is 0 Å². The van der Waals surface area contributed by atoms with Gasteiger partial charge in [0.15, 0.2) is 5.13 Å². The summed E-state index contributed by atoms with van der Waals surface area (Å²) in [5.74, 6) is -0.297. The van der Waals surface area contributed by atoms with Gasteiger partial charge in [-0.05, 0) is 29.8 Å². The molecule has 0 atom stereocenters. The molecule has 0 saturated heterocycles. The monoisotopic (exact) mass is 427 g/mol. The van der Waals surface area contributed by atoms with Gasteiger partial charge in [0.1, 0.15) is 5.69 Å². The summed E-state index contributed by atoms with van der Waals surface area (Å²) >= 11 is 7.27. The normalized spacial score (nSPS) is 12.9. The molecule has 148 valence electrons. The van der Waals surface area contributed by atoms with Gasteiger partial charge < -0.3 is 10.2 Å². The number of carbonyl (C=O) groups excluding carboxylic acids is 2. The van der Waals surface area contributed by atoms with Gasteiger partial charge >= 0.3 is 6.03 Å². The first kappa shape index (κ1) is 19.4. The third-order valence-corrected chi connectivity index (χ3v) is 5.74. The molecular formula is C20H18ClN5O2S. The highest BCUT2D eigenvalue weighted by molar-refractivity contribution is 7.15. The van der Waals surface area contributed by atoms with Crippen LogP contribution in [0.1, 0.15) is 26.6 Å². The molecule has 4 rings (SSSR count). The number of thiazole rings is 1. The number of nitrogens with zero attached hydrogens (tertiary/aromatic N) is 3. The van der Waals surface area contributed by atoms with Crippen molar-refractivity contribution < 1.29 is 9.59 Å². The number of pyridine rings is 1. The number of halogens is 1. The van der Waals surface area contributed by atoms with E-state index in [-0.39, 0.29) is 11.9 Å². The molecule has 3 heterocycles. The molecular weight excluding hydrogens is 410 g/mol. The molecule has 3 amide bonds. The topological polar surface area (TPSA) is 87.2 Å². The second-order valence-corrected chi connectivity index (χ2v) is 8.03. The average molecular weight is 428 g/mol. The van der Waals surface area contributed by atoms with Gasteiger partial charge in [0.2, 0.25) is 0 Å². The van der Waals surface area contributed by atoms with Crippen molar-refractivity contribution in [1.82, 2.24) is 20.2 Å². The van der Waals surface area contributed by atoms with Crippen LogP contribution >= 0.6 is 22.9 Å². The summed E-state index contributed by atoms with van der Waals surface area (Å²) < 4.78 is 0. The predicted octanol–water partition coefficient (Wildman–Crippen LogP) is 3.71. The number of aromatic nitrogens is 2. The number of carbonyl (C=O) groups is 2. The van der Waals surface area contributed by atoms with E-state index in [9.17, 15) is 9.59 Å². The Bertz CT molecular complexity index is 1020. The van der Waals surface area contributed by atoms with Gasteiger partial charge in [-0.15, -0.1) is 0 Å². The number of amides is 3. The predicted molar refractivity (Wildman–Crippen MR) is 112 cm³/mol. The first-order chi connectivity index (χ1) is 14.1. The molecule has 3 aromatic rings. The molecule has 1 aliphatic heterocycles. The highest BCUT2D eigenvalue weighted by Gasteiger charge is 2.24. The fourth-order valence-electron chi connectivity index (χ4n) is 2.97.